The number of aromatic nitrogens is 1. The van der Waals surface area contributed by atoms with Crippen LogP contribution in [-0.4, -0.2) is 63.8 Å². The molecule has 2 aliphatic heterocycles. The van der Waals surface area contributed by atoms with Crippen LogP contribution in [-0.2, 0) is 16.1 Å². The maximum Gasteiger partial charge on any atom is 0.410 e. The number of halogens is 4. The second-order valence-electron chi connectivity index (χ2n) is 10.00. The number of likely N-dealkylation sites (tertiary alicyclic amines) is 1. The number of benzene rings is 1. The van der Waals surface area contributed by atoms with Crippen molar-refractivity contribution in [3.05, 3.63) is 41.9 Å². The summed E-state index contributed by atoms with van der Waals surface area (Å²) in [4.78, 5) is 27.6. The molecule has 0 aliphatic carbocycles. The Hall–Kier alpha value is -3.04. The number of ether oxygens (including phenoxy) is 1. The van der Waals surface area contributed by atoms with E-state index in [1.165, 1.54) is 16.7 Å². The minimum absolute atomic E-state index is 0.0507. The SMILES string of the molecule is CC(C)(C)OC(=O)N1CC=C(c2cn(CC(=O)N3CCC[C@H]3C(F)(F)F)c3cccc(F)c23)CC1. The van der Waals surface area contributed by atoms with Crippen molar-refractivity contribution in [3.63, 3.8) is 0 Å². The largest absolute Gasteiger partial charge is 0.444 e. The predicted molar refractivity (Wildman–Crippen MR) is 123 cm³/mol. The van der Waals surface area contributed by atoms with Crippen LogP contribution in [0.1, 0.15) is 45.6 Å². The first-order chi connectivity index (χ1) is 16.3. The molecule has 0 spiro atoms. The van der Waals surface area contributed by atoms with Gasteiger partial charge in [0.1, 0.15) is 24.0 Å². The molecule has 0 radical (unpaired) electrons. The second-order valence-corrected chi connectivity index (χ2v) is 10.00. The number of hydrogen-bond donors (Lipinski definition) is 0. The van der Waals surface area contributed by atoms with Crippen molar-refractivity contribution in [1.29, 1.82) is 0 Å². The van der Waals surface area contributed by atoms with Crippen LogP contribution < -0.4 is 0 Å². The maximum absolute atomic E-state index is 14.9. The third-order valence-electron chi connectivity index (χ3n) is 6.32. The van der Waals surface area contributed by atoms with Gasteiger partial charge in [-0.05, 0) is 57.7 Å². The molecule has 1 aromatic heterocycles. The van der Waals surface area contributed by atoms with Crippen LogP contribution in [0.25, 0.3) is 16.5 Å². The average molecular weight is 496 g/mol. The van der Waals surface area contributed by atoms with Crippen molar-refractivity contribution in [1.82, 2.24) is 14.4 Å². The average Bonchev–Trinajstić information content (AvgIpc) is 3.39. The summed E-state index contributed by atoms with van der Waals surface area (Å²) >= 11 is 0. The normalized spacial score (nSPS) is 19.3. The molecule has 0 bridgehead atoms. The molecule has 2 aliphatic rings. The molecule has 0 saturated carbocycles. The first-order valence-corrected chi connectivity index (χ1v) is 11.7. The Bertz CT molecular complexity index is 1160. The Morgan fingerprint density at radius 3 is 2.51 bits per heavy atom. The van der Waals surface area contributed by atoms with Crippen molar-refractivity contribution < 1.29 is 31.9 Å². The molecular weight excluding hydrogens is 466 g/mol. The molecule has 10 heteroatoms. The summed E-state index contributed by atoms with van der Waals surface area (Å²) in [6.07, 6.45) is -0.832. The fraction of sp³-hybridized carbons (Fsp3) is 0.520. The lowest BCUT2D eigenvalue weighted by atomic mass is 9.99. The molecule has 0 unspecified atom stereocenters. The van der Waals surface area contributed by atoms with Crippen molar-refractivity contribution in [3.8, 4) is 0 Å². The van der Waals surface area contributed by atoms with Gasteiger partial charge in [-0.15, -0.1) is 0 Å². The molecule has 2 amide bonds. The fourth-order valence-electron chi connectivity index (χ4n) is 4.73. The van der Waals surface area contributed by atoms with Crippen molar-refractivity contribution in [2.45, 2.75) is 64.4 Å². The summed E-state index contributed by atoms with van der Waals surface area (Å²) in [6, 6.07) is 2.69. The Morgan fingerprint density at radius 1 is 1.14 bits per heavy atom. The number of fused-ring (bicyclic) bond motifs is 1. The molecule has 1 saturated heterocycles. The topological polar surface area (TPSA) is 54.8 Å². The molecule has 1 aromatic carbocycles. The van der Waals surface area contributed by atoms with Gasteiger partial charge in [0.05, 0.1) is 5.52 Å². The van der Waals surface area contributed by atoms with E-state index in [1.54, 1.807) is 37.9 Å². The standard InChI is InChI=1S/C25H29F4N3O3/c1-24(2,3)35-23(34)30-12-9-16(10-13-30)17-14-31(19-7-4-6-18(26)22(17)19)15-21(33)32-11-5-8-20(32)25(27,28)29/h4,6-7,9,14,20H,5,8,10-13,15H2,1-3H3/t20-/m0/s1. The third kappa shape index (κ3) is 5.31. The number of amides is 2. The zero-order chi connectivity index (χ0) is 25.5. The fourth-order valence-corrected chi connectivity index (χ4v) is 4.73. The highest BCUT2D eigenvalue weighted by atomic mass is 19.4. The summed E-state index contributed by atoms with van der Waals surface area (Å²) in [5.41, 5.74) is 1.19. The Labute approximate surface area is 201 Å². The summed E-state index contributed by atoms with van der Waals surface area (Å²) in [5.74, 6) is -1.13. The lowest BCUT2D eigenvalue weighted by Gasteiger charge is -2.29. The van der Waals surface area contributed by atoms with Crippen LogP contribution in [0.5, 0.6) is 0 Å². The van der Waals surface area contributed by atoms with Crippen LogP contribution in [0, 0.1) is 5.82 Å². The van der Waals surface area contributed by atoms with E-state index in [0.29, 0.717) is 35.9 Å². The third-order valence-corrected chi connectivity index (χ3v) is 6.32. The number of nitrogens with zero attached hydrogens (tertiary/aromatic N) is 3. The van der Waals surface area contributed by atoms with Crippen LogP contribution in [0.3, 0.4) is 0 Å². The minimum Gasteiger partial charge on any atom is -0.444 e. The summed E-state index contributed by atoms with van der Waals surface area (Å²) in [7, 11) is 0. The highest BCUT2D eigenvalue weighted by Gasteiger charge is 2.47. The predicted octanol–water partition coefficient (Wildman–Crippen LogP) is 5.36. The number of rotatable bonds is 3. The van der Waals surface area contributed by atoms with Crippen LogP contribution in [0.15, 0.2) is 30.5 Å². The summed E-state index contributed by atoms with van der Waals surface area (Å²) in [5, 5.41) is 0.311. The first kappa shape index (κ1) is 25.1. The van der Waals surface area contributed by atoms with Crippen molar-refractivity contribution >= 4 is 28.5 Å². The zero-order valence-corrected chi connectivity index (χ0v) is 20.0. The van der Waals surface area contributed by atoms with Gasteiger partial charge < -0.3 is 19.1 Å². The molecule has 2 aromatic rings. The smallest absolute Gasteiger partial charge is 0.410 e. The number of alkyl halides is 3. The molecule has 6 nitrogen and oxygen atoms in total. The Balaban J connectivity index is 1.59. The number of carbonyl (C=O) groups excluding carboxylic acids is 2. The van der Waals surface area contributed by atoms with Crippen LogP contribution in [0.4, 0.5) is 22.4 Å². The van der Waals surface area contributed by atoms with Gasteiger partial charge in [0.25, 0.3) is 0 Å². The Morgan fingerprint density at radius 2 is 1.89 bits per heavy atom. The van der Waals surface area contributed by atoms with E-state index >= 15 is 0 Å². The maximum atomic E-state index is 14.9. The monoisotopic (exact) mass is 495 g/mol. The van der Waals surface area contributed by atoms with E-state index in [0.717, 1.165) is 10.5 Å². The molecular formula is C25H29F4N3O3. The van der Waals surface area contributed by atoms with Crippen LogP contribution in [0.2, 0.25) is 0 Å². The van der Waals surface area contributed by atoms with Crippen LogP contribution >= 0.6 is 0 Å². The molecule has 1 fully saturated rings. The number of hydrogen-bond acceptors (Lipinski definition) is 3. The minimum atomic E-state index is -4.48. The molecule has 0 N–H and O–H groups in total. The zero-order valence-electron chi connectivity index (χ0n) is 20.0. The number of carbonyl (C=O) groups is 2. The molecule has 1 atom stereocenters. The highest BCUT2D eigenvalue weighted by Crippen LogP contribution is 2.35. The van der Waals surface area contributed by atoms with Gasteiger partial charge in [-0.25, -0.2) is 9.18 Å². The van der Waals surface area contributed by atoms with Gasteiger partial charge in [0, 0.05) is 36.8 Å². The molecule has 35 heavy (non-hydrogen) atoms. The molecule has 190 valence electrons. The van der Waals surface area contributed by atoms with E-state index in [2.05, 4.69) is 0 Å². The molecule has 4 rings (SSSR count). The summed E-state index contributed by atoms with van der Waals surface area (Å²) < 4.78 is 61.9. The van der Waals surface area contributed by atoms with Gasteiger partial charge in [0.2, 0.25) is 5.91 Å². The van der Waals surface area contributed by atoms with Gasteiger partial charge in [-0.2, -0.15) is 13.2 Å². The molecule has 3 heterocycles. The second kappa shape index (κ2) is 9.20. The van der Waals surface area contributed by atoms with Gasteiger partial charge in [0.15, 0.2) is 0 Å². The van der Waals surface area contributed by atoms with E-state index in [-0.39, 0.29) is 26.1 Å². The lowest BCUT2D eigenvalue weighted by Crippen LogP contribution is -2.45. The van der Waals surface area contributed by atoms with Gasteiger partial charge >= 0.3 is 12.3 Å². The van der Waals surface area contributed by atoms with Gasteiger partial charge in [-0.3, -0.25) is 4.79 Å². The van der Waals surface area contributed by atoms with E-state index in [9.17, 15) is 27.2 Å². The van der Waals surface area contributed by atoms with E-state index in [4.69, 9.17) is 4.74 Å². The van der Waals surface area contributed by atoms with E-state index < -0.39 is 35.6 Å². The first-order valence-electron chi connectivity index (χ1n) is 11.7. The van der Waals surface area contributed by atoms with E-state index in [1.807, 2.05) is 6.08 Å². The Kier molecular flexibility index (Phi) is 6.59. The quantitative estimate of drug-likeness (QED) is 0.539. The van der Waals surface area contributed by atoms with Gasteiger partial charge in [-0.1, -0.05) is 12.1 Å². The van der Waals surface area contributed by atoms with Crippen molar-refractivity contribution in [2.24, 2.45) is 0 Å². The lowest BCUT2D eigenvalue weighted by molar-refractivity contribution is -0.182. The highest BCUT2D eigenvalue weighted by molar-refractivity contribution is 5.95. The summed E-state index contributed by atoms with van der Waals surface area (Å²) in [6.45, 7) is 5.75. The van der Waals surface area contributed by atoms with Crippen molar-refractivity contribution in [2.75, 3.05) is 19.6 Å².